The van der Waals surface area contributed by atoms with Crippen LogP contribution in [0.1, 0.15) is 63.2 Å². The summed E-state index contributed by atoms with van der Waals surface area (Å²) >= 11 is 1.43. The molecule has 33 heavy (non-hydrogen) atoms. The number of rotatable bonds is 6. The molecule has 1 aromatic heterocycles. The number of fused-ring (bicyclic) bond motifs is 2. The van der Waals surface area contributed by atoms with Crippen LogP contribution < -0.4 is 4.90 Å². The fourth-order valence-corrected chi connectivity index (χ4v) is 5.65. The quantitative estimate of drug-likeness (QED) is 0.502. The minimum absolute atomic E-state index is 0.0498. The van der Waals surface area contributed by atoms with Gasteiger partial charge in [-0.05, 0) is 43.2 Å². The van der Waals surface area contributed by atoms with E-state index in [9.17, 15) is 14.4 Å². The van der Waals surface area contributed by atoms with Crippen LogP contribution in [0, 0.1) is 0 Å². The number of thiazole rings is 1. The Kier molecular flexibility index (Phi) is 5.95. The Hall–Kier alpha value is -3.10. The van der Waals surface area contributed by atoms with Gasteiger partial charge in [0.2, 0.25) is 0 Å². The Morgan fingerprint density at radius 3 is 2.61 bits per heavy atom. The number of amides is 3. The van der Waals surface area contributed by atoms with Crippen molar-refractivity contribution in [2.45, 2.75) is 38.1 Å². The van der Waals surface area contributed by atoms with E-state index < -0.39 is 0 Å². The minimum Gasteiger partial charge on any atom is -0.383 e. The van der Waals surface area contributed by atoms with Gasteiger partial charge in [0.05, 0.1) is 34.5 Å². The highest BCUT2D eigenvalue weighted by molar-refractivity contribution is 7.22. The summed E-state index contributed by atoms with van der Waals surface area (Å²) in [7, 11) is 1.58. The van der Waals surface area contributed by atoms with Crippen LogP contribution in [-0.2, 0) is 4.74 Å². The van der Waals surface area contributed by atoms with Crippen molar-refractivity contribution in [3.05, 3.63) is 59.2 Å². The van der Waals surface area contributed by atoms with E-state index >= 15 is 0 Å². The first-order chi connectivity index (χ1) is 16.1. The van der Waals surface area contributed by atoms with Gasteiger partial charge in [-0.3, -0.25) is 24.2 Å². The molecule has 0 N–H and O–H groups in total. The molecular formula is C25H25N3O4S. The molecule has 5 rings (SSSR count). The van der Waals surface area contributed by atoms with Crippen molar-refractivity contribution in [1.82, 2.24) is 9.88 Å². The molecule has 1 aliphatic carbocycles. The predicted molar refractivity (Wildman–Crippen MR) is 127 cm³/mol. The third-order valence-corrected chi connectivity index (χ3v) is 7.44. The molecule has 2 aliphatic rings. The van der Waals surface area contributed by atoms with E-state index in [2.05, 4.69) is 4.98 Å². The monoisotopic (exact) mass is 463 g/mol. The predicted octanol–water partition coefficient (Wildman–Crippen LogP) is 4.52. The van der Waals surface area contributed by atoms with Crippen LogP contribution in [0.4, 0.5) is 5.13 Å². The van der Waals surface area contributed by atoms with Crippen LogP contribution in [-0.4, -0.2) is 53.9 Å². The number of nitrogens with zero attached hydrogens (tertiary/aromatic N) is 3. The lowest BCUT2D eigenvalue weighted by atomic mass is 9.94. The molecule has 170 valence electrons. The van der Waals surface area contributed by atoms with E-state index in [4.69, 9.17) is 4.74 Å². The first-order valence-corrected chi connectivity index (χ1v) is 12.1. The third-order valence-electron chi connectivity index (χ3n) is 6.38. The summed E-state index contributed by atoms with van der Waals surface area (Å²) in [6, 6.07) is 12.5. The van der Waals surface area contributed by atoms with E-state index in [0.29, 0.717) is 35.0 Å². The van der Waals surface area contributed by atoms with Gasteiger partial charge >= 0.3 is 0 Å². The zero-order chi connectivity index (χ0) is 22.9. The molecule has 1 aliphatic heterocycles. The Morgan fingerprint density at radius 2 is 1.85 bits per heavy atom. The number of benzene rings is 2. The Bertz CT molecular complexity index is 1200. The van der Waals surface area contributed by atoms with Crippen molar-refractivity contribution < 1.29 is 19.1 Å². The number of imide groups is 1. The summed E-state index contributed by atoms with van der Waals surface area (Å²) in [5, 5.41) is 0.574. The first-order valence-electron chi connectivity index (χ1n) is 11.3. The highest BCUT2D eigenvalue weighted by atomic mass is 32.1. The minimum atomic E-state index is -0.292. The smallest absolute Gasteiger partial charge is 0.261 e. The number of hydrogen-bond acceptors (Lipinski definition) is 6. The topological polar surface area (TPSA) is 79.8 Å². The number of anilines is 1. The summed E-state index contributed by atoms with van der Waals surface area (Å²) in [5.74, 6) is -0.812. The van der Waals surface area contributed by atoms with Crippen molar-refractivity contribution in [2.24, 2.45) is 0 Å². The molecule has 0 atom stereocenters. The Labute approximate surface area is 196 Å². The molecule has 0 unspecified atom stereocenters. The summed E-state index contributed by atoms with van der Waals surface area (Å²) in [6.07, 6.45) is 4.89. The molecule has 1 fully saturated rings. The Morgan fingerprint density at radius 1 is 1.09 bits per heavy atom. The number of para-hydroxylation sites is 1. The maximum absolute atomic E-state index is 13.5. The number of aromatic nitrogens is 1. The second kappa shape index (κ2) is 9.03. The van der Waals surface area contributed by atoms with Crippen molar-refractivity contribution in [3.63, 3.8) is 0 Å². The van der Waals surface area contributed by atoms with Gasteiger partial charge in [-0.15, -0.1) is 0 Å². The van der Waals surface area contributed by atoms with E-state index in [1.54, 1.807) is 30.2 Å². The average molecular weight is 464 g/mol. The molecule has 7 nitrogen and oxygen atoms in total. The van der Waals surface area contributed by atoms with Gasteiger partial charge in [0.15, 0.2) is 5.13 Å². The number of methoxy groups -OCH3 is 1. The summed E-state index contributed by atoms with van der Waals surface area (Å²) in [5.41, 5.74) is 1.87. The lowest BCUT2D eigenvalue weighted by Gasteiger charge is -2.29. The van der Waals surface area contributed by atoms with Crippen LogP contribution in [0.25, 0.3) is 10.2 Å². The normalized spacial score (nSPS) is 16.5. The second-order valence-electron chi connectivity index (χ2n) is 8.45. The number of ether oxygens (including phenoxy) is 1. The summed E-state index contributed by atoms with van der Waals surface area (Å²) < 4.78 is 6.20. The van der Waals surface area contributed by atoms with Crippen LogP contribution in [0.2, 0.25) is 0 Å². The maximum Gasteiger partial charge on any atom is 0.261 e. The van der Waals surface area contributed by atoms with Crippen molar-refractivity contribution in [1.29, 1.82) is 0 Å². The fraction of sp³-hybridized carbons (Fsp3) is 0.360. The van der Waals surface area contributed by atoms with E-state index in [0.717, 1.165) is 42.3 Å². The molecule has 0 saturated heterocycles. The fourth-order valence-electron chi connectivity index (χ4n) is 4.66. The van der Waals surface area contributed by atoms with Crippen molar-refractivity contribution in [2.75, 3.05) is 25.2 Å². The van der Waals surface area contributed by atoms with Crippen molar-refractivity contribution in [3.8, 4) is 0 Å². The van der Waals surface area contributed by atoms with Gasteiger partial charge in [-0.1, -0.05) is 42.7 Å². The molecule has 3 amide bonds. The van der Waals surface area contributed by atoms with Gasteiger partial charge in [0.25, 0.3) is 17.7 Å². The van der Waals surface area contributed by atoms with Gasteiger partial charge in [0.1, 0.15) is 0 Å². The molecule has 0 spiro atoms. The molecule has 0 radical (unpaired) electrons. The van der Waals surface area contributed by atoms with Crippen LogP contribution in [0.5, 0.6) is 0 Å². The molecule has 3 aromatic rings. The van der Waals surface area contributed by atoms with E-state index in [1.165, 1.54) is 16.2 Å². The highest BCUT2D eigenvalue weighted by Crippen LogP contribution is 2.33. The number of hydrogen-bond donors (Lipinski definition) is 0. The zero-order valence-corrected chi connectivity index (χ0v) is 19.3. The van der Waals surface area contributed by atoms with E-state index in [-0.39, 0.29) is 23.8 Å². The second-order valence-corrected chi connectivity index (χ2v) is 9.46. The van der Waals surface area contributed by atoms with Gasteiger partial charge in [-0.2, -0.15) is 0 Å². The van der Waals surface area contributed by atoms with Crippen LogP contribution in [0.15, 0.2) is 42.5 Å². The molecule has 0 bridgehead atoms. The summed E-state index contributed by atoms with van der Waals surface area (Å²) in [4.78, 5) is 47.3. The molecular weight excluding hydrogens is 438 g/mol. The first kappa shape index (κ1) is 21.7. The average Bonchev–Trinajstić information content (AvgIpc) is 3.38. The Balaban J connectivity index is 1.46. The lowest BCUT2D eigenvalue weighted by molar-refractivity contribution is 0.0549. The van der Waals surface area contributed by atoms with Gasteiger partial charge in [0, 0.05) is 18.7 Å². The molecule has 2 heterocycles. The van der Waals surface area contributed by atoms with Gasteiger partial charge < -0.3 is 4.74 Å². The molecule has 8 heteroatoms. The summed E-state index contributed by atoms with van der Waals surface area (Å²) in [6.45, 7) is 0.673. The van der Waals surface area contributed by atoms with Crippen LogP contribution in [0.3, 0.4) is 0 Å². The lowest BCUT2D eigenvalue weighted by Crippen LogP contribution is -2.40. The third kappa shape index (κ3) is 3.94. The standard InChI is InChI=1S/C25H25N3O4S/c1-32-14-13-27(25-26-20-9-5-6-10-21(20)33-25)22(29)16-11-12-18-19(15-16)24(31)28(23(18)30)17-7-3-2-4-8-17/h5-6,9-12,15,17H,2-4,7-8,13-14H2,1H3. The highest BCUT2D eigenvalue weighted by Gasteiger charge is 2.40. The number of carbonyl (C=O) groups excluding carboxylic acids is 3. The van der Waals surface area contributed by atoms with Crippen LogP contribution >= 0.6 is 11.3 Å². The zero-order valence-electron chi connectivity index (χ0n) is 18.5. The van der Waals surface area contributed by atoms with Gasteiger partial charge in [-0.25, -0.2) is 4.98 Å². The molecule has 2 aromatic carbocycles. The SMILES string of the molecule is COCCN(C(=O)c1ccc2c(c1)C(=O)N(C1CCCCC1)C2=O)c1nc2ccccc2s1. The molecule has 1 saturated carbocycles. The maximum atomic E-state index is 13.5. The van der Waals surface area contributed by atoms with E-state index in [1.807, 2.05) is 24.3 Å². The van der Waals surface area contributed by atoms with Crippen molar-refractivity contribution >= 4 is 44.4 Å². The number of carbonyl (C=O) groups is 3. The largest absolute Gasteiger partial charge is 0.383 e.